The van der Waals surface area contributed by atoms with Crippen LogP contribution in [0, 0.1) is 6.92 Å². The monoisotopic (exact) mass is 234 g/mol. The molecule has 0 saturated heterocycles. The Kier molecular flexibility index (Phi) is 2.69. The summed E-state index contributed by atoms with van der Waals surface area (Å²) in [5, 5.41) is 0. The van der Waals surface area contributed by atoms with Gasteiger partial charge in [-0.3, -0.25) is 0 Å². The molecule has 2 heteroatoms. The first-order valence-electron chi connectivity index (χ1n) is 6.01. The summed E-state index contributed by atoms with van der Waals surface area (Å²) in [5.41, 5.74) is 3.61. The highest BCUT2D eigenvalue weighted by Gasteiger charge is 2.07. The molecule has 2 nitrogen and oxygen atoms in total. The predicted octanol–water partition coefficient (Wildman–Crippen LogP) is 3.85. The van der Waals surface area contributed by atoms with Crippen molar-refractivity contribution in [1.82, 2.24) is 9.55 Å². The van der Waals surface area contributed by atoms with Crippen LogP contribution in [0.2, 0.25) is 0 Å². The number of aromatic nitrogens is 2. The number of para-hydroxylation sites is 1. The fraction of sp³-hybridized carbons (Fsp3) is 0.0625. The van der Waals surface area contributed by atoms with Gasteiger partial charge in [-0.15, -0.1) is 0 Å². The molecule has 0 amide bonds. The molecule has 3 rings (SSSR count). The van der Waals surface area contributed by atoms with E-state index in [1.165, 1.54) is 16.8 Å². The molecule has 0 spiro atoms. The molecule has 18 heavy (non-hydrogen) atoms. The van der Waals surface area contributed by atoms with Crippen LogP contribution in [0.3, 0.4) is 0 Å². The van der Waals surface area contributed by atoms with Crippen molar-refractivity contribution in [3.8, 4) is 16.8 Å². The molecule has 0 atom stereocenters. The van der Waals surface area contributed by atoms with E-state index in [1.807, 2.05) is 25.4 Å². The van der Waals surface area contributed by atoms with E-state index >= 15 is 0 Å². The fourth-order valence-electron chi connectivity index (χ4n) is 2.18. The van der Waals surface area contributed by atoms with Gasteiger partial charge in [-0.2, -0.15) is 0 Å². The Morgan fingerprint density at radius 3 is 2.33 bits per heavy atom. The summed E-state index contributed by atoms with van der Waals surface area (Å²) >= 11 is 0. The van der Waals surface area contributed by atoms with Gasteiger partial charge in [0.05, 0.1) is 5.69 Å². The van der Waals surface area contributed by atoms with Gasteiger partial charge in [-0.25, -0.2) is 4.98 Å². The number of benzene rings is 2. The molecule has 2 aromatic carbocycles. The standard InChI is InChI=1S/C16H14N2/c1-13-17-11-12-18(13)16-10-6-5-9-15(16)14-7-3-2-4-8-14/h2-12H,1H3. The van der Waals surface area contributed by atoms with Gasteiger partial charge in [0, 0.05) is 18.0 Å². The van der Waals surface area contributed by atoms with Crippen LogP contribution in [0.5, 0.6) is 0 Å². The lowest BCUT2D eigenvalue weighted by atomic mass is 10.0. The predicted molar refractivity (Wildman–Crippen MR) is 73.7 cm³/mol. The van der Waals surface area contributed by atoms with Crippen LogP contribution in [-0.4, -0.2) is 9.55 Å². The van der Waals surface area contributed by atoms with Gasteiger partial charge in [0.2, 0.25) is 0 Å². The van der Waals surface area contributed by atoms with Crippen LogP contribution in [0.1, 0.15) is 5.82 Å². The Balaban J connectivity index is 2.21. The second-order valence-electron chi connectivity index (χ2n) is 4.23. The van der Waals surface area contributed by atoms with Gasteiger partial charge in [0.15, 0.2) is 0 Å². The van der Waals surface area contributed by atoms with Gasteiger partial charge >= 0.3 is 0 Å². The molecule has 0 aliphatic rings. The van der Waals surface area contributed by atoms with Crippen molar-refractivity contribution in [2.75, 3.05) is 0 Å². The SMILES string of the molecule is Cc1nccn1-c1ccccc1-c1ccccc1. The molecule has 1 heterocycles. The molecular formula is C16H14N2. The summed E-state index contributed by atoms with van der Waals surface area (Å²) in [4.78, 5) is 4.29. The van der Waals surface area contributed by atoms with Gasteiger partial charge < -0.3 is 4.57 Å². The molecule has 0 N–H and O–H groups in total. The van der Waals surface area contributed by atoms with Crippen LogP contribution in [0.4, 0.5) is 0 Å². The van der Waals surface area contributed by atoms with E-state index in [-0.39, 0.29) is 0 Å². The molecule has 0 unspecified atom stereocenters. The maximum Gasteiger partial charge on any atom is 0.110 e. The summed E-state index contributed by atoms with van der Waals surface area (Å²) in [6.45, 7) is 2.02. The highest BCUT2D eigenvalue weighted by molar-refractivity contribution is 5.73. The Labute approximate surface area is 107 Å². The number of nitrogens with zero attached hydrogens (tertiary/aromatic N) is 2. The van der Waals surface area contributed by atoms with E-state index in [2.05, 4.69) is 58.1 Å². The Morgan fingerprint density at radius 2 is 1.61 bits per heavy atom. The van der Waals surface area contributed by atoms with E-state index in [0.717, 1.165) is 5.82 Å². The van der Waals surface area contributed by atoms with Crippen LogP contribution < -0.4 is 0 Å². The van der Waals surface area contributed by atoms with E-state index in [1.54, 1.807) is 0 Å². The molecule has 88 valence electrons. The maximum absolute atomic E-state index is 4.29. The average molecular weight is 234 g/mol. The van der Waals surface area contributed by atoms with Crippen LogP contribution >= 0.6 is 0 Å². The number of hydrogen-bond acceptors (Lipinski definition) is 1. The molecule has 0 saturated carbocycles. The second-order valence-corrected chi connectivity index (χ2v) is 4.23. The summed E-state index contributed by atoms with van der Waals surface area (Å²) in [6.07, 6.45) is 3.83. The largest absolute Gasteiger partial charge is 0.303 e. The van der Waals surface area contributed by atoms with Crippen molar-refractivity contribution in [3.63, 3.8) is 0 Å². The summed E-state index contributed by atoms with van der Waals surface area (Å²) in [7, 11) is 0. The number of hydrogen-bond donors (Lipinski definition) is 0. The van der Waals surface area contributed by atoms with Crippen molar-refractivity contribution in [3.05, 3.63) is 72.8 Å². The molecule has 0 radical (unpaired) electrons. The maximum atomic E-state index is 4.29. The summed E-state index contributed by atoms with van der Waals surface area (Å²) in [6, 6.07) is 18.8. The highest BCUT2D eigenvalue weighted by atomic mass is 15.1. The zero-order valence-corrected chi connectivity index (χ0v) is 10.2. The van der Waals surface area contributed by atoms with E-state index in [9.17, 15) is 0 Å². The fourth-order valence-corrected chi connectivity index (χ4v) is 2.18. The Bertz CT molecular complexity index is 654. The molecule has 0 aliphatic heterocycles. The zero-order chi connectivity index (χ0) is 12.4. The first kappa shape index (κ1) is 10.8. The van der Waals surface area contributed by atoms with Crippen LogP contribution in [-0.2, 0) is 0 Å². The van der Waals surface area contributed by atoms with Crippen molar-refractivity contribution >= 4 is 0 Å². The van der Waals surface area contributed by atoms with Gasteiger partial charge in [0.25, 0.3) is 0 Å². The third kappa shape index (κ3) is 1.82. The molecule has 3 aromatic rings. The quantitative estimate of drug-likeness (QED) is 0.658. The van der Waals surface area contributed by atoms with Crippen LogP contribution in [0.15, 0.2) is 67.0 Å². The lowest BCUT2D eigenvalue weighted by Gasteiger charge is -2.11. The van der Waals surface area contributed by atoms with Crippen molar-refractivity contribution in [2.24, 2.45) is 0 Å². The molecule has 0 fully saturated rings. The molecule has 0 bridgehead atoms. The lowest BCUT2D eigenvalue weighted by Crippen LogP contribution is -1.97. The van der Waals surface area contributed by atoms with E-state index < -0.39 is 0 Å². The van der Waals surface area contributed by atoms with Crippen molar-refractivity contribution in [1.29, 1.82) is 0 Å². The topological polar surface area (TPSA) is 17.8 Å². The average Bonchev–Trinajstić information content (AvgIpc) is 2.86. The number of aryl methyl sites for hydroxylation is 1. The first-order chi connectivity index (χ1) is 8.86. The van der Waals surface area contributed by atoms with Crippen LogP contribution in [0.25, 0.3) is 16.8 Å². The van der Waals surface area contributed by atoms with E-state index in [0.29, 0.717) is 0 Å². The zero-order valence-electron chi connectivity index (χ0n) is 10.2. The number of imidazole rings is 1. The number of rotatable bonds is 2. The van der Waals surface area contributed by atoms with Gasteiger partial charge in [-0.1, -0.05) is 48.5 Å². The van der Waals surface area contributed by atoms with Gasteiger partial charge in [0.1, 0.15) is 5.82 Å². The Morgan fingerprint density at radius 1 is 0.889 bits per heavy atom. The molecule has 1 aromatic heterocycles. The minimum Gasteiger partial charge on any atom is -0.303 e. The minimum atomic E-state index is 0.999. The third-order valence-electron chi connectivity index (χ3n) is 3.07. The summed E-state index contributed by atoms with van der Waals surface area (Å²) < 4.78 is 2.11. The van der Waals surface area contributed by atoms with Crippen molar-refractivity contribution < 1.29 is 0 Å². The minimum absolute atomic E-state index is 0.999. The second kappa shape index (κ2) is 4.49. The summed E-state index contributed by atoms with van der Waals surface area (Å²) in [5.74, 6) is 0.999. The highest BCUT2D eigenvalue weighted by Crippen LogP contribution is 2.26. The first-order valence-corrected chi connectivity index (χ1v) is 6.01. The third-order valence-corrected chi connectivity index (χ3v) is 3.07. The normalized spacial score (nSPS) is 10.5. The van der Waals surface area contributed by atoms with Crippen molar-refractivity contribution in [2.45, 2.75) is 6.92 Å². The Hall–Kier alpha value is -2.35. The lowest BCUT2D eigenvalue weighted by molar-refractivity contribution is 0.976. The molecule has 0 aliphatic carbocycles. The van der Waals surface area contributed by atoms with Gasteiger partial charge in [-0.05, 0) is 18.6 Å². The molecular weight excluding hydrogens is 220 g/mol. The van der Waals surface area contributed by atoms with E-state index in [4.69, 9.17) is 0 Å². The smallest absolute Gasteiger partial charge is 0.110 e.